The molecule has 0 amide bonds. The number of hydrogen-bond acceptors (Lipinski definition) is 10. The number of benzene rings is 2. The summed E-state index contributed by atoms with van der Waals surface area (Å²) in [6.45, 7) is -0.127. The number of amidine groups is 1. The van der Waals surface area contributed by atoms with Gasteiger partial charge in [-0.1, -0.05) is 0 Å². The number of nitrogen functional groups attached to an aromatic ring is 1. The first-order valence-corrected chi connectivity index (χ1v) is 11.7. The summed E-state index contributed by atoms with van der Waals surface area (Å²) < 4.78 is 11.9. The van der Waals surface area contributed by atoms with Crippen LogP contribution in [-0.4, -0.2) is 62.1 Å². The van der Waals surface area contributed by atoms with Crippen molar-refractivity contribution in [2.24, 2.45) is 5.73 Å². The average Bonchev–Trinajstić information content (AvgIpc) is 3.52. The molecule has 0 saturated heterocycles. The number of rotatable bonds is 11. The van der Waals surface area contributed by atoms with Crippen molar-refractivity contribution in [2.75, 3.05) is 25.6 Å². The molecule has 0 bridgehead atoms. The van der Waals surface area contributed by atoms with Gasteiger partial charge >= 0.3 is 11.7 Å². The van der Waals surface area contributed by atoms with Gasteiger partial charge in [0.1, 0.15) is 30.0 Å². The highest BCUT2D eigenvalue weighted by Crippen LogP contribution is 2.31. The third-order valence-corrected chi connectivity index (χ3v) is 5.99. The standard InChI is InChI=1S/C23H23N7O6S/c1-35-15-8-13(9-16(10-15)36-7-6-31)17(27-14-4-2-12(3-5-14)19(24)25)20-28-23(34)30(29-20)21-18(22(32)33)37-11-26-21/h2-5,8-11,17,27,31H,6-7H2,1H3,(H3,24,25)(H,32,33)(H,28,29,34)/t17-/m0/s1. The number of aliphatic hydroxyl groups is 1. The third-order valence-electron chi connectivity index (χ3n) is 5.19. The summed E-state index contributed by atoms with van der Waals surface area (Å²) in [6, 6.07) is 11.1. The fourth-order valence-electron chi connectivity index (χ4n) is 3.50. The SMILES string of the molecule is COc1cc(OCCO)cc([C@H](Nc2ccc(C(=N)N)cc2)c2nn(-c3ncsc3C(=O)O)c(=O)[nH]2)c1. The lowest BCUT2D eigenvalue weighted by atomic mass is 10.0. The quantitative estimate of drug-likeness (QED) is 0.123. The molecule has 0 fully saturated rings. The Labute approximate surface area is 213 Å². The van der Waals surface area contributed by atoms with Crippen molar-refractivity contribution in [3.05, 3.63) is 80.3 Å². The number of methoxy groups -OCH3 is 1. The number of carboxylic acid groups (broad SMARTS) is 1. The van der Waals surface area contributed by atoms with E-state index in [1.807, 2.05) is 0 Å². The predicted octanol–water partition coefficient (Wildman–Crippen LogP) is 1.58. The van der Waals surface area contributed by atoms with Gasteiger partial charge in [0.05, 0.1) is 19.2 Å². The molecule has 0 saturated carbocycles. The topological polar surface area (TPSA) is 201 Å². The first kappa shape index (κ1) is 25.4. The Morgan fingerprint density at radius 1 is 1.27 bits per heavy atom. The molecule has 14 heteroatoms. The van der Waals surface area contributed by atoms with Gasteiger partial charge in [0.2, 0.25) is 0 Å². The Hall–Kier alpha value is -4.69. The Bertz CT molecular complexity index is 1480. The highest BCUT2D eigenvalue weighted by molar-refractivity contribution is 7.12. The van der Waals surface area contributed by atoms with E-state index < -0.39 is 17.7 Å². The van der Waals surface area contributed by atoms with Gasteiger partial charge in [0, 0.05) is 17.3 Å². The molecule has 2 aromatic heterocycles. The summed E-state index contributed by atoms with van der Waals surface area (Å²) >= 11 is 0.875. The normalized spacial score (nSPS) is 11.6. The van der Waals surface area contributed by atoms with Crippen molar-refractivity contribution in [1.29, 1.82) is 5.41 Å². The third kappa shape index (κ3) is 5.60. The van der Waals surface area contributed by atoms with Crippen LogP contribution in [0.15, 0.2) is 52.8 Å². The van der Waals surface area contributed by atoms with Crippen LogP contribution in [0, 0.1) is 5.41 Å². The largest absolute Gasteiger partial charge is 0.497 e. The zero-order valence-electron chi connectivity index (χ0n) is 19.5. The number of anilines is 1. The Morgan fingerprint density at radius 2 is 2.00 bits per heavy atom. The van der Waals surface area contributed by atoms with Crippen molar-refractivity contribution in [3.8, 4) is 17.3 Å². The summed E-state index contributed by atoms with van der Waals surface area (Å²) in [5.41, 5.74) is 7.93. The molecule has 13 nitrogen and oxygen atoms in total. The number of ether oxygens (including phenoxy) is 2. The second kappa shape index (κ2) is 10.9. The van der Waals surface area contributed by atoms with Crippen LogP contribution in [0.1, 0.15) is 32.7 Å². The number of nitrogens with one attached hydrogen (secondary N) is 3. The summed E-state index contributed by atoms with van der Waals surface area (Å²) in [5, 5.41) is 33.8. The van der Waals surface area contributed by atoms with E-state index in [4.69, 9.17) is 25.7 Å². The number of carbonyl (C=O) groups is 1. The molecule has 37 heavy (non-hydrogen) atoms. The van der Waals surface area contributed by atoms with E-state index in [1.165, 1.54) is 12.6 Å². The number of nitrogens with two attached hydrogens (primary N) is 1. The zero-order chi connectivity index (χ0) is 26.5. The molecule has 192 valence electrons. The van der Waals surface area contributed by atoms with Crippen molar-refractivity contribution < 1.29 is 24.5 Å². The van der Waals surface area contributed by atoms with E-state index in [0.717, 1.165) is 16.0 Å². The van der Waals surface area contributed by atoms with Gasteiger partial charge in [-0.3, -0.25) is 10.4 Å². The molecular weight excluding hydrogens is 502 g/mol. The summed E-state index contributed by atoms with van der Waals surface area (Å²) in [5.74, 6) is -0.386. The minimum absolute atomic E-state index is 0.0600. The van der Waals surface area contributed by atoms with E-state index in [-0.39, 0.29) is 35.6 Å². The van der Waals surface area contributed by atoms with Gasteiger partial charge in [-0.15, -0.1) is 16.4 Å². The van der Waals surface area contributed by atoms with Gasteiger partial charge in [0.15, 0.2) is 16.5 Å². The van der Waals surface area contributed by atoms with Crippen LogP contribution in [-0.2, 0) is 0 Å². The lowest BCUT2D eigenvalue weighted by Crippen LogP contribution is -2.18. The summed E-state index contributed by atoms with van der Waals surface area (Å²) in [7, 11) is 1.49. The predicted molar refractivity (Wildman–Crippen MR) is 135 cm³/mol. The molecular formula is C23H23N7O6S. The molecule has 7 N–H and O–H groups in total. The maximum atomic E-state index is 12.8. The second-order valence-corrected chi connectivity index (χ2v) is 8.47. The minimum Gasteiger partial charge on any atom is -0.497 e. The molecule has 1 atom stereocenters. The van der Waals surface area contributed by atoms with E-state index >= 15 is 0 Å². The number of aromatic nitrogens is 4. The van der Waals surface area contributed by atoms with Crippen molar-refractivity contribution in [2.45, 2.75) is 6.04 Å². The molecule has 0 radical (unpaired) electrons. The molecule has 2 aromatic carbocycles. The lowest BCUT2D eigenvalue weighted by molar-refractivity contribution is 0.0701. The van der Waals surface area contributed by atoms with Gasteiger partial charge in [-0.05, 0) is 42.0 Å². The maximum absolute atomic E-state index is 12.8. The van der Waals surface area contributed by atoms with Crippen LogP contribution >= 0.6 is 11.3 Å². The van der Waals surface area contributed by atoms with Crippen LogP contribution in [0.4, 0.5) is 5.69 Å². The first-order chi connectivity index (χ1) is 17.8. The molecule has 0 aliphatic carbocycles. The van der Waals surface area contributed by atoms with Gasteiger partial charge in [0.25, 0.3) is 0 Å². The zero-order valence-corrected chi connectivity index (χ0v) is 20.3. The Kier molecular flexibility index (Phi) is 7.50. The van der Waals surface area contributed by atoms with E-state index in [0.29, 0.717) is 28.3 Å². The van der Waals surface area contributed by atoms with Crippen LogP contribution in [0.3, 0.4) is 0 Å². The number of carboxylic acids is 1. The van der Waals surface area contributed by atoms with Crippen molar-refractivity contribution in [1.82, 2.24) is 19.7 Å². The highest BCUT2D eigenvalue weighted by Gasteiger charge is 2.25. The molecule has 4 rings (SSSR count). The monoisotopic (exact) mass is 525 g/mol. The number of aromatic amines is 1. The maximum Gasteiger partial charge on any atom is 0.349 e. The van der Waals surface area contributed by atoms with Gasteiger partial charge in [-0.25, -0.2) is 14.6 Å². The fraction of sp³-hybridized carbons (Fsp3) is 0.174. The van der Waals surface area contributed by atoms with E-state index in [2.05, 4.69) is 20.4 Å². The van der Waals surface area contributed by atoms with Crippen LogP contribution in [0.5, 0.6) is 11.5 Å². The first-order valence-electron chi connectivity index (χ1n) is 10.8. The fourth-order valence-corrected chi connectivity index (χ4v) is 4.10. The minimum atomic E-state index is -1.23. The van der Waals surface area contributed by atoms with Crippen molar-refractivity contribution in [3.63, 3.8) is 0 Å². The number of aromatic carboxylic acids is 1. The summed E-state index contributed by atoms with van der Waals surface area (Å²) in [6.07, 6.45) is 0. The van der Waals surface area contributed by atoms with Crippen molar-refractivity contribution >= 4 is 28.8 Å². The molecule has 0 unspecified atom stereocenters. The molecule has 0 aliphatic rings. The molecule has 0 spiro atoms. The van der Waals surface area contributed by atoms with E-state index in [9.17, 15) is 14.7 Å². The number of thiazole rings is 1. The number of aliphatic hydroxyl groups excluding tert-OH is 1. The smallest absolute Gasteiger partial charge is 0.349 e. The Balaban J connectivity index is 1.81. The average molecular weight is 526 g/mol. The lowest BCUT2D eigenvalue weighted by Gasteiger charge is -2.20. The molecule has 2 heterocycles. The van der Waals surface area contributed by atoms with Gasteiger partial charge in [-0.2, -0.15) is 4.68 Å². The number of nitrogens with zero attached hydrogens (tertiary/aromatic N) is 3. The van der Waals surface area contributed by atoms with Crippen LogP contribution in [0.25, 0.3) is 5.82 Å². The van der Waals surface area contributed by atoms with Gasteiger partial charge < -0.3 is 30.7 Å². The highest BCUT2D eigenvalue weighted by atomic mass is 32.1. The number of hydrogen-bond donors (Lipinski definition) is 6. The summed E-state index contributed by atoms with van der Waals surface area (Å²) in [4.78, 5) is 30.9. The second-order valence-electron chi connectivity index (χ2n) is 7.62. The number of H-pyrrole nitrogens is 1. The Morgan fingerprint density at radius 3 is 2.65 bits per heavy atom. The van der Waals surface area contributed by atoms with E-state index in [1.54, 1.807) is 42.5 Å². The molecule has 0 aliphatic heterocycles. The van der Waals surface area contributed by atoms with Crippen LogP contribution in [0.2, 0.25) is 0 Å². The molecule has 4 aromatic rings. The van der Waals surface area contributed by atoms with Crippen LogP contribution < -0.4 is 26.2 Å².